The van der Waals surface area contributed by atoms with E-state index in [1.165, 1.54) is 44.5 Å². The predicted molar refractivity (Wildman–Crippen MR) is 226 cm³/mol. The zero-order chi connectivity index (χ0) is 37.4. The van der Waals surface area contributed by atoms with Crippen LogP contribution in [-0.2, 0) is 10.8 Å². The number of Topliss-reactive ketones (excluding diaryl/α,β-unsaturated/α-hetero) is 2. The highest BCUT2D eigenvalue weighted by atomic mass is 16.1. The SMILES string of the molecule is O=C(CCC12c3ccccc3C(c3ccccc31)C1(CCC(=O)c3cccc4ccccc34)c3ccccc3C2c2ccccc21)c1cccc2ccccc12. The van der Waals surface area contributed by atoms with Crippen molar-refractivity contribution in [3.8, 4) is 0 Å². The van der Waals surface area contributed by atoms with Crippen LogP contribution in [0.25, 0.3) is 21.5 Å². The minimum atomic E-state index is -0.512. The molecule has 6 aliphatic rings. The summed E-state index contributed by atoms with van der Waals surface area (Å²) < 4.78 is 0. The number of benzene rings is 8. The van der Waals surface area contributed by atoms with Crippen molar-refractivity contribution >= 4 is 33.1 Å². The lowest BCUT2D eigenvalue weighted by atomic mass is 9.41. The van der Waals surface area contributed by atoms with E-state index in [0.717, 1.165) is 32.7 Å². The smallest absolute Gasteiger partial charge is 0.163 e. The zero-order valence-electron chi connectivity index (χ0n) is 31.1. The standard InChI is InChI=1S/C54H40O2/c55-49(39-25-13-17-35-15-1-3-19-37(35)39)31-33-53-45-27-9-5-21-41(45)52(42-22-6-10-28-46(42)53)54(34-32-50(56)40-26-14-18-36-16-2-4-20-38(36)40)47-29-11-7-23-43(47)51(53)44-24-8-12-30-48(44)54/h1-30,51-52H,31-34H2. The lowest BCUT2D eigenvalue weighted by molar-refractivity contribution is 0.0968. The van der Waals surface area contributed by atoms with Crippen LogP contribution in [0.2, 0.25) is 0 Å². The maximum absolute atomic E-state index is 14.6. The number of carbonyl (C=O) groups is 2. The van der Waals surface area contributed by atoms with Gasteiger partial charge in [0.25, 0.3) is 0 Å². The van der Waals surface area contributed by atoms with Crippen molar-refractivity contribution in [3.05, 3.63) is 238 Å². The third-order valence-corrected chi connectivity index (χ3v) is 13.7. The highest BCUT2D eigenvalue weighted by Gasteiger charge is 2.62. The summed E-state index contributed by atoms with van der Waals surface area (Å²) in [6.45, 7) is 0. The van der Waals surface area contributed by atoms with E-state index in [1.807, 2.05) is 48.5 Å². The second kappa shape index (κ2) is 12.6. The minimum absolute atomic E-state index is 0.0411. The predicted octanol–water partition coefficient (Wildman–Crippen LogP) is 12.5. The van der Waals surface area contributed by atoms with Gasteiger partial charge in [0.2, 0.25) is 0 Å². The summed E-state index contributed by atoms with van der Waals surface area (Å²) in [7, 11) is 0. The fourth-order valence-electron chi connectivity index (χ4n) is 11.6. The number of rotatable bonds is 8. The molecule has 2 heteroatoms. The second-order valence-corrected chi connectivity index (χ2v) is 16.1. The minimum Gasteiger partial charge on any atom is -0.294 e. The van der Waals surface area contributed by atoms with Crippen LogP contribution in [-0.4, -0.2) is 11.6 Å². The average Bonchev–Trinajstić information content (AvgIpc) is 3.25. The molecule has 2 nitrogen and oxygen atoms in total. The number of ketones is 2. The van der Waals surface area contributed by atoms with Crippen molar-refractivity contribution in [2.45, 2.75) is 48.3 Å². The molecule has 0 radical (unpaired) electrons. The van der Waals surface area contributed by atoms with Crippen molar-refractivity contribution < 1.29 is 9.59 Å². The fourth-order valence-corrected chi connectivity index (χ4v) is 11.6. The summed E-state index contributed by atoms with van der Waals surface area (Å²) in [6.07, 6.45) is 2.14. The molecule has 0 unspecified atom stereocenters. The van der Waals surface area contributed by atoms with E-state index in [-0.39, 0.29) is 23.4 Å². The van der Waals surface area contributed by atoms with Crippen molar-refractivity contribution in [2.24, 2.45) is 0 Å². The molecule has 8 aromatic carbocycles. The Labute approximate surface area is 327 Å². The maximum atomic E-state index is 14.6. The van der Waals surface area contributed by atoms with E-state index in [4.69, 9.17) is 0 Å². The Balaban J connectivity index is 1.13. The first-order chi connectivity index (χ1) is 27.6. The number of fused-ring (bicyclic) bond motifs is 2. The molecule has 0 saturated carbocycles. The second-order valence-electron chi connectivity index (χ2n) is 16.1. The third-order valence-electron chi connectivity index (χ3n) is 13.7. The molecule has 0 atom stereocenters. The summed E-state index contributed by atoms with van der Waals surface area (Å²) >= 11 is 0. The molecule has 6 aliphatic carbocycles. The van der Waals surface area contributed by atoms with E-state index in [1.54, 1.807) is 0 Å². The first kappa shape index (κ1) is 33.0. The first-order valence-electron chi connectivity index (χ1n) is 20.0. The molecule has 268 valence electrons. The molecule has 0 aliphatic heterocycles. The van der Waals surface area contributed by atoms with Crippen molar-refractivity contribution in [1.82, 2.24) is 0 Å². The van der Waals surface area contributed by atoms with Crippen LogP contribution in [0, 0.1) is 0 Å². The molecule has 0 fully saturated rings. The van der Waals surface area contributed by atoms with Gasteiger partial charge in [-0.05, 0) is 78.9 Å². The van der Waals surface area contributed by atoms with E-state index in [0.29, 0.717) is 25.7 Å². The molecule has 0 spiro atoms. The summed E-state index contributed by atoms with van der Waals surface area (Å²) in [5, 5.41) is 4.19. The Hall–Kier alpha value is -6.38. The van der Waals surface area contributed by atoms with Crippen LogP contribution in [0.5, 0.6) is 0 Å². The summed E-state index contributed by atoms with van der Waals surface area (Å²) in [4.78, 5) is 29.2. The fraction of sp³-hybridized carbons (Fsp3) is 0.148. The Bertz CT molecular complexity index is 2590. The molecule has 8 aromatic rings. The molecule has 0 aromatic heterocycles. The zero-order valence-corrected chi connectivity index (χ0v) is 31.1. The third kappa shape index (κ3) is 4.50. The lowest BCUT2D eigenvalue weighted by Crippen LogP contribution is -2.53. The van der Waals surface area contributed by atoms with E-state index < -0.39 is 10.8 Å². The van der Waals surface area contributed by atoms with Crippen molar-refractivity contribution in [3.63, 3.8) is 0 Å². The summed E-state index contributed by atoms with van der Waals surface area (Å²) in [6, 6.07) is 64.9. The normalized spacial score (nSPS) is 21.1. The molecule has 14 rings (SSSR count). The average molecular weight is 721 g/mol. The first-order valence-corrected chi connectivity index (χ1v) is 20.0. The van der Waals surface area contributed by atoms with E-state index in [2.05, 4.69) is 133 Å². The highest BCUT2D eigenvalue weighted by molar-refractivity contribution is 6.09. The molecule has 0 heterocycles. The molecule has 0 N–H and O–H groups in total. The van der Waals surface area contributed by atoms with Gasteiger partial charge in [-0.15, -0.1) is 0 Å². The molecule has 0 amide bonds. The van der Waals surface area contributed by atoms with Crippen LogP contribution < -0.4 is 0 Å². The molecule has 4 bridgehead atoms. The molecular weight excluding hydrogens is 681 g/mol. The topological polar surface area (TPSA) is 34.1 Å². The summed E-state index contributed by atoms with van der Waals surface area (Å²) in [5.74, 6) is 0.268. The Morgan fingerprint density at radius 2 is 0.661 bits per heavy atom. The van der Waals surface area contributed by atoms with Gasteiger partial charge in [0.15, 0.2) is 11.6 Å². The van der Waals surface area contributed by atoms with Gasteiger partial charge in [-0.2, -0.15) is 0 Å². The Kier molecular flexibility index (Phi) is 7.41. The molecular formula is C54H40O2. The van der Waals surface area contributed by atoms with Gasteiger partial charge in [0.1, 0.15) is 0 Å². The Morgan fingerprint density at radius 3 is 1.04 bits per heavy atom. The van der Waals surface area contributed by atoms with E-state index in [9.17, 15) is 9.59 Å². The van der Waals surface area contributed by atoms with Gasteiger partial charge in [-0.25, -0.2) is 0 Å². The molecule has 56 heavy (non-hydrogen) atoms. The van der Waals surface area contributed by atoms with Crippen LogP contribution in [0.1, 0.15) is 103 Å². The number of hydrogen-bond acceptors (Lipinski definition) is 2. The van der Waals surface area contributed by atoms with Gasteiger partial charge < -0.3 is 0 Å². The summed E-state index contributed by atoms with van der Waals surface area (Å²) in [5.41, 5.74) is 11.1. The van der Waals surface area contributed by atoms with Gasteiger partial charge >= 0.3 is 0 Å². The monoisotopic (exact) mass is 720 g/mol. The van der Waals surface area contributed by atoms with Crippen LogP contribution >= 0.6 is 0 Å². The maximum Gasteiger partial charge on any atom is 0.163 e. The van der Waals surface area contributed by atoms with Crippen LogP contribution in [0.4, 0.5) is 0 Å². The van der Waals surface area contributed by atoms with Crippen molar-refractivity contribution in [1.29, 1.82) is 0 Å². The Morgan fingerprint density at radius 1 is 0.357 bits per heavy atom. The van der Waals surface area contributed by atoms with Crippen LogP contribution in [0.15, 0.2) is 182 Å². The largest absolute Gasteiger partial charge is 0.294 e. The number of hydrogen-bond donors (Lipinski definition) is 0. The quantitative estimate of drug-likeness (QED) is 0.146. The van der Waals surface area contributed by atoms with Gasteiger partial charge in [-0.1, -0.05) is 182 Å². The lowest BCUT2D eigenvalue weighted by Gasteiger charge is -2.61. The van der Waals surface area contributed by atoms with Gasteiger partial charge in [-0.3, -0.25) is 9.59 Å². The molecule has 0 saturated heterocycles. The van der Waals surface area contributed by atoms with Crippen molar-refractivity contribution in [2.75, 3.05) is 0 Å². The van der Waals surface area contributed by atoms with Crippen LogP contribution in [0.3, 0.4) is 0 Å². The van der Waals surface area contributed by atoms with E-state index >= 15 is 0 Å². The highest BCUT2D eigenvalue weighted by Crippen LogP contribution is 2.70. The number of carbonyl (C=O) groups excluding carboxylic acids is 2. The van der Waals surface area contributed by atoms with Gasteiger partial charge in [0.05, 0.1) is 0 Å². The van der Waals surface area contributed by atoms with Gasteiger partial charge in [0, 0.05) is 46.6 Å².